The minimum absolute atomic E-state index is 0.417. The zero-order valence-corrected chi connectivity index (χ0v) is 8.69. The highest BCUT2D eigenvalue weighted by molar-refractivity contribution is 7.45. The van der Waals surface area contributed by atoms with Gasteiger partial charge in [-0.05, 0) is 0 Å². The summed E-state index contributed by atoms with van der Waals surface area (Å²) in [6, 6.07) is 0. The van der Waals surface area contributed by atoms with Gasteiger partial charge in [-0.2, -0.15) is 0 Å². The molecule has 10 nitrogen and oxygen atoms in total. The summed E-state index contributed by atoms with van der Waals surface area (Å²) < 4.78 is 8.88. The SMILES string of the molecule is NC1(N)N=CN=C2N=CN=C21.O=P(O)(O)O. The van der Waals surface area contributed by atoms with Gasteiger partial charge >= 0.3 is 7.82 Å². The normalized spacial score (nSPS) is 20.6. The average Bonchev–Trinajstić information content (AvgIpc) is 2.48. The van der Waals surface area contributed by atoms with Crippen molar-refractivity contribution >= 4 is 32.0 Å². The second kappa shape index (κ2) is 4.29. The van der Waals surface area contributed by atoms with E-state index in [-0.39, 0.29) is 0 Å². The van der Waals surface area contributed by atoms with Crippen LogP contribution in [0.15, 0.2) is 20.0 Å². The summed E-state index contributed by atoms with van der Waals surface area (Å²) in [5, 5.41) is 0. The van der Waals surface area contributed by atoms with E-state index in [0.29, 0.717) is 11.5 Å². The van der Waals surface area contributed by atoms with Gasteiger partial charge < -0.3 is 14.7 Å². The predicted octanol–water partition coefficient (Wildman–Crippen LogP) is -2.45. The highest BCUT2D eigenvalue weighted by Gasteiger charge is 2.33. The third kappa shape index (κ3) is 3.70. The first-order valence-corrected chi connectivity index (χ1v) is 5.35. The van der Waals surface area contributed by atoms with E-state index in [1.807, 2.05) is 0 Å². The van der Waals surface area contributed by atoms with E-state index in [9.17, 15) is 0 Å². The second-order valence-electron chi connectivity index (χ2n) is 2.76. The van der Waals surface area contributed by atoms with E-state index < -0.39 is 13.6 Å². The highest BCUT2D eigenvalue weighted by Crippen LogP contribution is 2.25. The molecule has 2 rings (SSSR count). The molecule has 0 saturated carbocycles. The van der Waals surface area contributed by atoms with Crippen molar-refractivity contribution in [2.24, 2.45) is 31.4 Å². The van der Waals surface area contributed by atoms with Gasteiger partial charge in [-0.25, -0.2) is 24.5 Å². The van der Waals surface area contributed by atoms with Crippen molar-refractivity contribution in [3.05, 3.63) is 0 Å². The summed E-state index contributed by atoms with van der Waals surface area (Å²) in [5.41, 5.74) is 11.5. The van der Waals surface area contributed by atoms with Gasteiger partial charge in [0.05, 0.1) is 0 Å². The molecule has 0 spiro atoms. The Labute approximate surface area is 89.4 Å². The Balaban J connectivity index is 0.000000221. The van der Waals surface area contributed by atoms with E-state index in [4.69, 9.17) is 30.7 Å². The van der Waals surface area contributed by atoms with E-state index in [2.05, 4.69) is 20.0 Å². The molecule has 0 aromatic carbocycles. The van der Waals surface area contributed by atoms with Crippen LogP contribution in [0.5, 0.6) is 0 Å². The lowest BCUT2D eigenvalue weighted by atomic mass is 10.2. The molecule has 0 amide bonds. The Morgan fingerprint density at radius 1 is 1.19 bits per heavy atom. The summed E-state index contributed by atoms with van der Waals surface area (Å²) in [6.07, 6.45) is 2.65. The molecule has 2 heterocycles. The van der Waals surface area contributed by atoms with Crippen LogP contribution in [-0.4, -0.2) is 44.7 Å². The summed E-state index contributed by atoms with van der Waals surface area (Å²) in [6.45, 7) is 0. The van der Waals surface area contributed by atoms with Gasteiger partial charge in [-0.1, -0.05) is 0 Å². The van der Waals surface area contributed by atoms with Gasteiger partial charge in [0.25, 0.3) is 0 Å². The van der Waals surface area contributed by atoms with Crippen molar-refractivity contribution in [2.45, 2.75) is 5.79 Å². The van der Waals surface area contributed by atoms with Crippen molar-refractivity contribution in [1.82, 2.24) is 0 Å². The van der Waals surface area contributed by atoms with Gasteiger partial charge in [-0.15, -0.1) is 0 Å². The minimum Gasteiger partial charge on any atom is -0.303 e. The quantitative estimate of drug-likeness (QED) is 0.234. The van der Waals surface area contributed by atoms with Crippen LogP contribution in [0.3, 0.4) is 0 Å². The van der Waals surface area contributed by atoms with Crippen LogP contribution in [0, 0.1) is 0 Å². The van der Waals surface area contributed by atoms with E-state index in [0.717, 1.165) is 0 Å². The van der Waals surface area contributed by atoms with E-state index in [1.165, 1.54) is 12.7 Å². The van der Waals surface area contributed by atoms with Crippen LogP contribution < -0.4 is 11.5 Å². The van der Waals surface area contributed by atoms with Crippen molar-refractivity contribution in [3.63, 3.8) is 0 Å². The van der Waals surface area contributed by atoms with E-state index in [1.54, 1.807) is 0 Å². The zero-order valence-electron chi connectivity index (χ0n) is 7.80. The summed E-state index contributed by atoms with van der Waals surface area (Å²) in [4.78, 5) is 36.8. The number of aliphatic imine (C=N–C) groups is 4. The summed E-state index contributed by atoms with van der Waals surface area (Å²) in [7, 11) is -4.64. The van der Waals surface area contributed by atoms with Crippen molar-refractivity contribution in [3.8, 4) is 0 Å². The lowest BCUT2D eigenvalue weighted by Crippen LogP contribution is -2.57. The zero-order chi connectivity index (χ0) is 12.4. The average molecular weight is 248 g/mol. The molecule has 0 aromatic heterocycles. The van der Waals surface area contributed by atoms with Crippen LogP contribution >= 0.6 is 7.82 Å². The van der Waals surface area contributed by atoms with Crippen LogP contribution in [0.1, 0.15) is 0 Å². The number of fused-ring (bicyclic) bond motifs is 1. The van der Waals surface area contributed by atoms with Crippen molar-refractivity contribution in [2.75, 3.05) is 0 Å². The third-order valence-electron chi connectivity index (χ3n) is 1.41. The topological polar surface area (TPSA) is 179 Å². The van der Waals surface area contributed by atoms with Gasteiger partial charge in [0.1, 0.15) is 18.4 Å². The number of phosphoric acid groups is 1. The van der Waals surface area contributed by atoms with Crippen LogP contribution in [0.25, 0.3) is 0 Å². The minimum atomic E-state index is -4.64. The number of amidine groups is 1. The molecule has 2 aliphatic rings. The number of rotatable bonds is 0. The largest absolute Gasteiger partial charge is 0.466 e. The molecule has 0 atom stereocenters. The summed E-state index contributed by atoms with van der Waals surface area (Å²) in [5.74, 6) is -0.807. The molecular weight excluding hydrogens is 239 g/mol. The molecule has 11 heteroatoms. The smallest absolute Gasteiger partial charge is 0.303 e. The summed E-state index contributed by atoms with van der Waals surface area (Å²) >= 11 is 0. The Bertz CT molecular complexity index is 438. The molecule has 0 bridgehead atoms. The molecule has 0 aliphatic carbocycles. The molecule has 0 radical (unpaired) electrons. The first-order valence-electron chi connectivity index (χ1n) is 3.79. The lowest BCUT2D eigenvalue weighted by molar-refractivity contribution is 0.275. The standard InChI is InChI=1S/C5H6N6.H3O4P/c6-5(7)3-4(9-1-8-3)10-2-11-5;1-5(2,3)4/h1-2H,6-7H2;(H3,1,2,3,4). The molecule has 88 valence electrons. The Kier molecular flexibility index (Phi) is 3.43. The van der Waals surface area contributed by atoms with Crippen molar-refractivity contribution < 1.29 is 19.2 Å². The molecule has 16 heavy (non-hydrogen) atoms. The molecule has 0 fully saturated rings. The predicted molar refractivity (Wildman–Crippen MR) is 57.2 cm³/mol. The van der Waals surface area contributed by atoms with Gasteiger partial charge in [0.2, 0.25) is 5.79 Å². The second-order valence-corrected chi connectivity index (χ2v) is 3.78. The molecule has 0 saturated heterocycles. The molecule has 7 N–H and O–H groups in total. The third-order valence-corrected chi connectivity index (χ3v) is 1.41. The maximum atomic E-state index is 8.88. The molecule has 0 aromatic rings. The molecular formula is C5H9N6O4P. The first-order chi connectivity index (χ1) is 7.20. The Hall–Kier alpha value is -1.29. The lowest BCUT2D eigenvalue weighted by Gasteiger charge is -2.20. The Morgan fingerprint density at radius 2 is 1.75 bits per heavy atom. The van der Waals surface area contributed by atoms with E-state index >= 15 is 0 Å². The molecule has 2 aliphatic heterocycles. The fourth-order valence-electron chi connectivity index (χ4n) is 0.877. The monoisotopic (exact) mass is 248 g/mol. The Morgan fingerprint density at radius 3 is 2.25 bits per heavy atom. The van der Waals surface area contributed by atoms with Crippen LogP contribution in [-0.2, 0) is 4.57 Å². The van der Waals surface area contributed by atoms with Crippen molar-refractivity contribution in [1.29, 1.82) is 0 Å². The van der Waals surface area contributed by atoms with Gasteiger partial charge in [0, 0.05) is 0 Å². The van der Waals surface area contributed by atoms with Crippen LogP contribution in [0.4, 0.5) is 0 Å². The maximum Gasteiger partial charge on any atom is 0.466 e. The molecule has 0 unspecified atom stereocenters. The number of hydrogen-bond acceptors (Lipinski definition) is 7. The number of nitrogens with zero attached hydrogens (tertiary/aromatic N) is 4. The highest BCUT2D eigenvalue weighted by atomic mass is 31.2. The number of hydrogen-bond donors (Lipinski definition) is 5. The number of nitrogens with two attached hydrogens (primary N) is 2. The fraction of sp³-hybridized carbons (Fsp3) is 0.200. The first kappa shape index (κ1) is 12.8. The maximum absolute atomic E-state index is 8.88. The fourth-order valence-corrected chi connectivity index (χ4v) is 0.877. The van der Waals surface area contributed by atoms with Crippen LogP contribution in [0.2, 0.25) is 0 Å². The van der Waals surface area contributed by atoms with Gasteiger partial charge in [0.15, 0.2) is 5.84 Å². The van der Waals surface area contributed by atoms with Gasteiger partial charge in [-0.3, -0.25) is 11.5 Å².